The second kappa shape index (κ2) is 15.1. The number of allylic oxidation sites excluding steroid dienone is 2. The third-order valence-corrected chi connectivity index (χ3v) is 11.5. The Morgan fingerprint density at radius 1 is 0.350 bits per heavy atom. The highest BCUT2D eigenvalue weighted by Gasteiger charge is 2.14. The van der Waals surface area contributed by atoms with Crippen molar-refractivity contribution < 1.29 is 0 Å². The molecule has 11 rings (SSSR count). The number of dihydropyridines is 1. The third-order valence-electron chi connectivity index (χ3n) is 11.5. The summed E-state index contributed by atoms with van der Waals surface area (Å²) in [6.45, 7) is 0.833. The summed E-state index contributed by atoms with van der Waals surface area (Å²) in [5.41, 5.74) is 14.7. The van der Waals surface area contributed by atoms with Gasteiger partial charge in [-0.3, -0.25) is 4.98 Å². The number of hydrogen-bond acceptors (Lipinski definition) is 4. The van der Waals surface area contributed by atoms with Crippen molar-refractivity contribution in [1.29, 1.82) is 0 Å². The molecular weight excluding hydrogens is 729 g/mol. The Hall–Kier alpha value is -7.95. The minimum Gasteiger partial charge on any atom is -0.387 e. The van der Waals surface area contributed by atoms with Crippen LogP contribution in [0.15, 0.2) is 213 Å². The Labute approximate surface area is 348 Å². The number of aromatic nitrogens is 3. The Balaban J connectivity index is 1.07. The summed E-state index contributed by atoms with van der Waals surface area (Å²) in [4.78, 5) is 14.5. The fourth-order valence-electron chi connectivity index (χ4n) is 8.59. The van der Waals surface area contributed by atoms with Crippen molar-refractivity contribution in [1.82, 2.24) is 20.3 Å². The van der Waals surface area contributed by atoms with Gasteiger partial charge in [-0.15, -0.1) is 0 Å². The first-order valence-corrected chi connectivity index (χ1v) is 20.4. The molecule has 7 aromatic carbocycles. The van der Waals surface area contributed by atoms with Crippen LogP contribution in [0.5, 0.6) is 0 Å². The average molecular weight is 767 g/mol. The molecule has 60 heavy (non-hydrogen) atoms. The van der Waals surface area contributed by atoms with E-state index >= 15 is 0 Å². The molecule has 10 aromatic rings. The predicted molar refractivity (Wildman–Crippen MR) is 250 cm³/mol. The van der Waals surface area contributed by atoms with Crippen LogP contribution in [0, 0.1) is 0 Å². The Kier molecular flexibility index (Phi) is 8.86. The van der Waals surface area contributed by atoms with E-state index in [2.05, 4.69) is 186 Å². The predicted octanol–water partition coefficient (Wildman–Crippen LogP) is 13.8. The van der Waals surface area contributed by atoms with Crippen LogP contribution >= 0.6 is 0 Å². The molecule has 0 spiro atoms. The monoisotopic (exact) mass is 766 g/mol. The standard InChI is InChI=1S/C56H38N4/c1-2-19-49-47(17-1)48-18-3-4-20-50(48)52-34-39(25-26-51(49)52)46-32-44(37-11-5-13-40(29-37)53-21-7-23-55(59-53)42-15-9-27-57-35-42)31-45(33-46)38-12-6-14-41(30-38)54-22-8-24-56(60-54)43-16-10-28-58-36-43/h1-27,29-36,58H,28H2. The van der Waals surface area contributed by atoms with E-state index in [-0.39, 0.29) is 0 Å². The summed E-state index contributed by atoms with van der Waals surface area (Å²) in [5, 5.41) is 10.9. The molecule has 0 aliphatic carbocycles. The SMILES string of the molecule is C1=CC(c2cccc(-c3cccc(-c4cc(-c5cccc(-c6cccc(-c7cccnc7)n6)c5)cc(-c5ccc6c7ccccc7c7ccccc7c6c5)c4)c3)n2)=CNC1. The third kappa shape index (κ3) is 6.60. The van der Waals surface area contributed by atoms with E-state index < -0.39 is 0 Å². The number of nitrogens with zero attached hydrogens (tertiary/aromatic N) is 3. The summed E-state index contributed by atoms with van der Waals surface area (Å²) in [7, 11) is 0. The zero-order valence-electron chi connectivity index (χ0n) is 32.8. The minimum absolute atomic E-state index is 0.833. The van der Waals surface area contributed by atoms with Crippen LogP contribution in [0.25, 0.3) is 105 Å². The molecule has 1 N–H and O–H groups in total. The van der Waals surface area contributed by atoms with E-state index in [4.69, 9.17) is 9.97 Å². The molecule has 0 amide bonds. The molecular formula is C56H38N4. The van der Waals surface area contributed by atoms with Crippen LogP contribution in [-0.2, 0) is 0 Å². The molecule has 0 fully saturated rings. The van der Waals surface area contributed by atoms with Gasteiger partial charge in [-0.2, -0.15) is 0 Å². The summed E-state index contributed by atoms with van der Waals surface area (Å²) in [6.07, 6.45) is 9.94. The van der Waals surface area contributed by atoms with Gasteiger partial charge in [0.25, 0.3) is 0 Å². The Morgan fingerprint density at radius 3 is 1.38 bits per heavy atom. The molecule has 282 valence electrons. The first-order chi connectivity index (χ1) is 29.7. The molecule has 3 aromatic heterocycles. The van der Waals surface area contributed by atoms with E-state index in [1.807, 2.05) is 30.6 Å². The highest BCUT2D eigenvalue weighted by molar-refractivity contribution is 6.25. The Bertz CT molecular complexity index is 3290. The molecule has 0 unspecified atom stereocenters. The highest BCUT2D eigenvalue weighted by atomic mass is 14.8. The van der Waals surface area contributed by atoms with Crippen molar-refractivity contribution >= 4 is 37.9 Å². The lowest BCUT2D eigenvalue weighted by Crippen LogP contribution is -2.09. The lowest BCUT2D eigenvalue weighted by molar-refractivity contribution is 0.974. The maximum absolute atomic E-state index is 5.10. The van der Waals surface area contributed by atoms with Crippen LogP contribution in [-0.4, -0.2) is 21.5 Å². The summed E-state index contributed by atoms with van der Waals surface area (Å²) >= 11 is 0. The number of nitrogens with one attached hydrogen (secondary N) is 1. The van der Waals surface area contributed by atoms with Gasteiger partial charge in [0.05, 0.1) is 22.8 Å². The highest BCUT2D eigenvalue weighted by Crippen LogP contribution is 2.40. The maximum atomic E-state index is 5.10. The van der Waals surface area contributed by atoms with Crippen LogP contribution in [0.4, 0.5) is 0 Å². The van der Waals surface area contributed by atoms with E-state index in [9.17, 15) is 0 Å². The molecule has 0 radical (unpaired) electrons. The van der Waals surface area contributed by atoms with E-state index in [1.165, 1.54) is 37.9 Å². The second-order valence-electron chi connectivity index (χ2n) is 15.3. The minimum atomic E-state index is 0.833. The molecule has 1 aliphatic heterocycles. The van der Waals surface area contributed by atoms with Gasteiger partial charge < -0.3 is 5.32 Å². The van der Waals surface area contributed by atoms with Crippen molar-refractivity contribution in [3.63, 3.8) is 0 Å². The first-order valence-electron chi connectivity index (χ1n) is 20.4. The normalized spacial score (nSPS) is 12.4. The number of benzene rings is 7. The maximum Gasteiger partial charge on any atom is 0.0725 e. The van der Waals surface area contributed by atoms with Gasteiger partial charge in [0.2, 0.25) is 0 Å². The average Bonchev–Trinajstić information content (AvgIpc) is 3.34. The molecule has 4 heterocycles. The smallest absolute Gasteiger partial charge is 0.0725 e. The molecule has 4 nitrogen and oxygen atoms in total. The number of pyridine rings is 3. The van der Waals surface area contributed by atoms with E-state index in [0.717, 1.165) is 79.4 Å². The van der Waals surface area contributed by atoms with Gasteiger partial charge in [0.15, 0.2) is 0 Å². The quantitative estimate of drug-likeness (QED) is 0.164. The van der Waals surface area contributed by atoms with Gasteiger partial charge in [0, 0.05) is 47.4 Å². The van der Waals surface area contributed by atoms with Crippen molar-refractivity contribution in [3.8, 4) is 67.2 Å². The largest absolute Gasteiger partial charge is 0.387 e. The molecule has 1 aliphatic rings. The number of hydrogen-bond donors (Lipinski definition) is 1. The lowest BCUT2D eigenvalue weighted by Gasteiger charge is -2.15. The van der Waals surface area contributed by atoms with E-state index in [1.54, 1.807) is 6.20 Å². The second-order valence-corrected chi connectivity index (χ2v) is 15.3. The zero-order chi connectivity index (χ0) is 39.8. The summed E-state index contributed by atoms with van der Waals surface area (Å²) in [6, 6.07) is 65.4. The van der Waals surface area contributed by atoms with Crippen LogP contribution in [0.2, 0.25) is 0 Å². The van der Waals surface area contributed by atoms with Crippen LogP contribution < -0.4 is 5.32 Å². The van der Waals surface area contributed by atoms with Gasteiger partial charge >= 0.3 is 0 Å². The first kappa shape index (κ1) is 35.2. The van der Waals surface area contributed by atoms with Gasteiger partial charge in [-0.25, -0.2) is 9.97 Å². The van der Waals surface area contributed by atoms with Crippen LogP contribution in [0.3, 0.4) is 0 Å². The molecule has 4 heteroatoms. The Morgan fingerprint density at radius 2 is 0.817 bits per heavy atom. The van der Waals surface area contributed by atoms with Gasteiger partial charge in [-0.05, 0) is 138 Å². The fraction of sp³-hybridized carbons (Fsp3) is 0.0179. The number of fused-ring (bicyclic) bond motifs is 6. The van der Waals surface area contributed by atoms with Crippen molar-refractivity contribution in [3.05, 3.63) is 218 Å². The van der Waals surface area contributed by atoms with Crippen molar-refractivity contribution in [2.24, 2.45) is 0 Å². The van der Waals surface area contributed by atoms with Crippen molar-refractivity contribution in [2.45, 2.75) is 0 Å². The molecule has 0 atom stereocenters. The number of rotatable bonds is 7. The molecule has 0 saturated heterocycles. The topological polar surface area (TPSA) is 50.7 Å². The van der Waals surface area contributed by atoms with Crippen molar-refractivity contribution in [2.75, 3.05) is 6.54 Å². The lowest BCUT2D eigenvalue weighted by atomic mass is 9.89. The van der Waals surface area contributed by atoms with E-state index in [0.29, 0.717) is 0 Å². The fourth-order valence-corrected chi connectivity index (χ4v) is 8.59. The zero-order valence-corrected chi connectivity index (χ0v) is 32.8. The summed E-state index contributed by atoms with van der Waals surface area (Å²) < 4.78 is 0. The van der Waals surface area contributed by atoms with Gasteiger partial charge in [0.1, 0.15) is 0 Å². The molecule has 0 bridgehead atoms. The van der Waals surface area contributed by atoms with Gasteiger partial charge in [-0.1, -0.05) is 121 Å². The van der Waals surface area contributed by atoms with Crippen LogP contribution in [0.1, 0.15) is 5.69 Å². The summed E-state index contributed by atoms with van der Waals surface area (Å²) in [5.74, 6) is 0. The molecule has 0 saturated carbocycles.